The van der Waals surface area contributed by atoms with Crippen LogP contribution in [-0.4, -0.2) is 24.4 Å². The maximum absolute atomic E-state index is 5.59. The molecule has 0 atom stereocenters. The molecule has 4 nitrogen and oxygen atoms in total. The molecule has 1 aromatic heterocycles. The van der Waals surface area contributed by atoms with Gasteiger partial charge in [0.2, 0.25) is 0 Å². The molecule has 0 saturated carbocycles. The van der Waals surface area contributed by atoms with Crippen molar-refractivity contribution in [1.29, 1.82) is 0 Å². The molecule has 0 fully saturated rings. The van der Waals surface area contributed by atoms with E-state index in [1.807, 2.05) is 31.4 Å². The van der Waals surface area contributed by atoms with E-state index in [0.717, 1.165) is 39.2 Å². The summed E-state index contributed by atoms with van der Waals surface area (Å²) in [6, 6.07) is 3.89. The Kier molecular flexibility index (Phi) is 4.09. The lowest BCUT2D eigenvalue weighted by Gasteiger charge is -2.20. The van der Waals surface area contributed by atoms with Crippen LogP contribution in [0.3, 0.4) is 0 Å². The minimum Gasteiger partial charge on any atom is -0.493 e. The predicted octanol–water partition coefficient (Wildman–Crippen LogP) is 3.98. The molecule has 0 radical (unpaired) electrons. The zero-order valence-corrected chi connectivity index (χ0v) is 11.9. The Hall–Kier alpha value is -1.88. The molecule has 0 amide bonds. The summed E-state index contributed by atoms with van der Waals surface area (Å²) in [6.45, 7) is 4.55. The van der Waals surface area contributed by atoms with E-state index >= 15 is 0 Å². The number of ether oxygens (including phenoxy) is 2. The minimum absolute atomic E-state index is 0. The van der Waals surface area contributed by atoms with Crippen LogP contribution in [0.15, 0.2) is 22.5 Å². The number of thiazole rings is 1. The first-order valence-electron chi connectivity index (χ1n) is 6.09. The van der Waals surface area contributed by atoms with Crippen LogP contribution in [0.1, 0.15) is 30.6 Å². The first-order chi connectivity index (χ1) is 9.22. The zero-order valence-electron chi connectivity index (χ0n) is 11.1. The van der Waals surface area contributed by atoms with Crippen LogP contribution in [0.5, 0.6) is 11.5 Å². The number of hydrogen-bond donors (Lipinski definition) is 0. The number of methoxy groups -OCH3 is 1. The maximum Gasteiger partial charge on any atom is 0.162 e. The van der Waals surface area contributed by atoms with Crippen LogP contribution in [0.25, 0.3) is 0 Å². The van der Waals surface area contributed by atoms with Crippen LogP contribution >= 0.6 is 11.3 Å². The Labute approximate surface area is 123 Å². The van der Waals surface area contributed by atoms with Gasteiger partial charge in [0.25, 0.3) is 0 Å². The molecular formula is C15H18N2O2S. The van der Waals surface area contributed by atoms with Crippen LogP contribution in [0, 0.1) is 6.92 Å². The summed E-state index contributed by atoms with van der Waals surface area (Å²) in [5.74, 6) is 1.48. The molecule has 0 bridgehead atoms. The van der Waals surface area contributed by atoms with Crippen molar-refractivity contribution in [2.24, 2.45) is 4.99 Å². The molecule has 5 heteroatoms. The van der Waals surface area contributed by atoms with Crippen molar-refractivity contribution < 1.29 is 9.47 Å². The van der Waals surface area contributed by atoms with Crippen molar-refractivity contribution >= 4 is 22.7 Å². The smallest absolute Gasteiger partial charge is 0.162 e. The highest BCUT2D eigenvalue weighted by Crippen LogP contribution is 2.41. The Morgan fingerprint density at radius 3 is 2.65 bits per heavy atom. The van der Waals surface area contributed by atoms with E-state index in [1.54, 1.807) is 18.4 Å². The van der Waals surface area contributed by atoms with Crippen molar-refractivity contribution in [3.05, 3.63) is 33.8 Å². The molecule has 106 valence electrons. The fraction of sp³-hybridized carbons (Fsp3) is 0.333. The number of rotatable bonds is 4. The fourth-order valence-electron chi connectivity index (χ4n) is 2.01. The largest absolute Gasteiger partial charge is 0.493 e. The second-order valence-corrected chi connectivity index (χ2v) is 5.07. The highest BCUT2D eigenvalue weighted by Gasteiger charge is 2.25. The fourth-order valence-corrected chi connectivity index (χ4v) is 2.81. The van der Waals surface area contributed by atoms with Crippen LogP contribution in [0.2, 0.25) is 0 Å². The van der Waals surface area contributed by atoms with E-state index in [2.05, 4.69) is 9.98 Å². The van der Waals surface area contributed by atoms with Gasteiger partial charge in [0.05, 0.1) is 19.4 Å². The third kappa shape index (κ3) is 2.29. The molecular weight excluding hydrogens is 272 g/mol. The Morgan fingerprint density at radius 1 is 1.25 bits per heavy atom. The van der Waals surface area contributed by atoms with Crippen LogP contribution < -0.4 is 9.47 Å². The first kappa shape index (κ1) is 14.5. The summed E-state index contributed by atoms with van der Waals surface area (Å²) in [5.41, 5.74) is 3.98. The quantitative estimate of drug-likeness (QED) is 0.730. The second-order valence-electron chi connectivity index (χ2n) is 4.21. The highest BCUT2D eigenvalue weighted by molar-refractivity contribution is 7.12. The Bertz CT molecular complexity index is 662. The monoisotopic (exact) mass is 290 g/mol. The number of aliphatic imine (C=N–C) groups is 1. The second kappa shape index (κ2) is 5.63. The van der Waals surface area contributed by atoms with Gasteiger partial charge in [-0.1, -0.05) is 7.43 Å². The van der Waals surface area contributed by atoms with Gasteiger partial charge < -0.3 is 9.47 Å². The van der Waals surface area contributed by atoms with E-state index in [-0.39, 0.29) is 7.43 Å². The molecule has 0 spiro atoms. The number of aromatic nitrogens is 1. The van der Waals surface area contributed by atoms with Gasteiger partial charge in [-0.2, -0.15) is 0 Å². The van der Waals surface area contributed by atoms with E-state index in [0.29, 0.717) is 6.61 Å². The van der Waals surface area contributed by atoms with E-state index < -0.39 is 0 Å². The lowest BCUT2D eigenvalue weighted by atomic mass is 10.0. The molecule has 1 aromatic carbocycles. The van der Waals surface area contributed by atoms with Gasteiger partial charge in [-0.25, -0.2) is 9.98 Å². The third-order valence-corrected chi connectivity index (χ3v) is 3.86. The lowest BCUT2D eigenvalue weighted by molar-refractivity contribution is 0.311. The van der Waals surface area contributed by atoms with Crippen molar-refractivity contribution in [1.82, 2.24) is 4.98 Å². The summed E-state index contributed by atoms with van der Waals surface area (Å²) in [4.78, 5) is 8.97. The molecule has 20 heavy (non-hydrogen) atoms. The molecule has 1 aliphatic heterocycles. The van der Waals surface area contributed by atoms with Gasteiger partial charge in [0.15, 0.2) is 11.5 Å². The number of benzene rings is 1. The first-order valence-corrected chi connectivity index (χ1v) is 6.97. The van der Waals surface area contributed by atoms with Gasteiger partial charge in [0, 0.05) is 22.7 Å². The standard InChI is InChI=1S/C14H14N2O2S.CH4/c1-4-18-12-5-9-10(6-11(12)17-3)16-13(9)14-15-8(2)7-19-14;/h5-7H,4H2,1-3H3;1H4. The van der Waals surface area contributed by atoms with Gasteiger partial charge >= 0.3 is 0 Å². The number of aryl methyl sites for hydroxylation is 1. The third-order valence-electron chi connectivity index (χ3n) is 2.89. The summed E-state index contributed by atoms with van der Waals surface area (Å²) in [5, 5.41) is 2.99. The molecule has 2 heterocycles. The van der Waals surface area contributed by atoms with E-state index in [4.69, 9.17) is 9.47 Å². The average Bonchev–Trinajstić information content (AvgIpc) is 2.79. The zero-order chi connectivity index (χ0) is 13.4. The summed E-state index contributed by atoms with van der Waals surface area (Å²) >= 11 is 1.61. The molecule has 0 aliphatic carbocycles. The highest BCUT2D eigenvalue weighted by atomic mass is 32.1. The Morgan fingerprint density at radius 2 is 2.05 bits per heavy atom. The normalized spacial score (nSPS) is 11.8. The van der Waals surface area contributed by atoms with Crippen molar-refractivity contribution in [3.63, 3.8) is 0 Å². The lowest BCUT2D eigenvalue weighted by Crippen LogP contribution is -2.11. The van der Waals surface area contributed by atoms with Crippen molar-refractivity contribution in [2.45, 2.75) is 21.3 Å². The van der Waals surface area contributed by atoms with Crippen molar-refractivity contribution in [3.8, 4) is 11.5 Å². The average molecular weight is 290 g/mol. The summed E-state index contributed by atoms with van der Waals surface area (Å²) < 4.78 is 10.9. The maximum atomic E-state index is 5.59. The Balaban J connectivity index is 0.00000147. The molecule has 2 aromatic rings. The van der Waals surface area contributed by atoms with Crippen LogP contribution in [-0.2, 0) is 0 Å². The number of hydrogen-bond acceptors (Lipinski definition) is 5. The molecule has 0 saturated heterocycles. The van der Waals surface area contributed by atoms with E-state index in [9.17, 15) is 0 Å². The minimum atomic E-state index is 0. The number of fused-ring (bicyclic) bond motifs is 1. The molecule has 3 rings (SSSR count). The van der Waals surface area contributed by atoms with Crippen LogP contribution in [0.4, 0.5) is 5.69 Å². The predicted molar refractivity (Wildman–Crippen MR) is 83.0 cm³/mol. The van der Waals surface area contributed by atoms with E-state index in [1.165, 1.54) is 0 Å². The topological polar surface area (TPSA) is 43.7 Å². The van der Waals surface area contributed by atoms with Gasteiger partial charge in [-0.05, 0) is 19.9 Å². The molecule has 0 N–H and O–H groups in total. The van der Waals surface area contributed by atoms with Gasteiger partial charge in [-0.15, -0.1) is 11.3 Å². The number of nitrogens with zero attached hydrogens (tertiary/aromatic N) is 2. The summed E-state index contributed by atoms with van der Waals surface area (Å²) in [7, 11) is 1.64. The molecule has 1 aliphatic rings. The molecule has 0 unspecified atom stereocenters. The summed E-state index contributed by atoms with van der Waals surface area (Å²) in [6.07, 6.45) is 0. The van der Waals surface area contributed by atoms with Gasteiger partial charge in [-0.3, -0.25) is 0 Å². The van der Waals surface area contributed by atoms with Crippen molar-refractivity contribution in [2.75, 3.05) is 13.7 Å². The van der Waals surface area contributed by atoms with Gasteiger partial charge in [0.1, 0.15) is 10.7 Å². The SMILES string of the molecule is C.CCOc1cc2c(cc1OC)N=C2c1nc(C)cs1.